The van der Waals surface area contributed by atoms with Gasteiger partial charge < -0.3 is 0 Å². The molecule has 0 N–H and O–H groups in total. The molecule has 0 saturated carbocycles. The second kappa shape index (κ2) is 4.40. The first kappa shape index (κ1) is 11.7. The number of hydrogen-bond donors (Lipinski definition) is 0. The van der Waals surface area contributed by atoms with Crippen LogP contribution in [0.3, 0.4) is 0 Å². The van der Waals surface area contributed by atoms with Gasteiger partial charge in [-0.3, -0.25) is 4.79 Å². The minimum absolute atomic E-state index is 0.0509. The number of fused-ring (bicyclic) bond motifs is 2. The molecule has 1 heterocycles. The maximum atomic E-state index is 12.4. The van der Waals surface area contributed by atoms with Crippen molar-refractivity contribution in [3.8, 4) is 0 Å². The lowest BCUT2D eigenvalue weighted by Gasteiger charge is -1.91. The van der Waals surface area contributed by atoms with Gasteiger partial charge in [0.1, 0.15) is 0 Å². The van der Waals surface area contributed by atoms with Crippen LogP contribution in [0.2, 0.25) is 0 Å². The van der Waals surface area contributed by atoms with Crippen molar-refractivity contribution in [1.29, 1.82) is 0 Å². The molecule has 18 heavy (non-hydrogen) atoms. The third-order valence-electron chi connectivity index (χ3n) is 2.67. The Morgan fingerprint density at radius 3 is 1.67 bits per heavy atom. The summed E-state index contributed by atoms with van der Waals surface area (Å²) < 4.78 is 1.75. The van der Waals surface area contributed by atoms with Gasteiger partial charge in [-0.2, -0.15) is 0 Å². The smallest absolute Gasteiger partial charge is 0.197 e. The minimum atomic E-state index is -0.0509. The van der Waals surface area contributed by atoms with Crippen molar-refractivity contribution in [2.45, 2.75) is 0 Å². The summed E-state index contributed by atoms with van der Waals surface area (Å²) in [5.41, 5.74) is 1.12. The summed E-state index contributed by atoms with van der Waals surface area (Å²) in [6.07, 6.45) is 0. The van der Waals surface area contributed by atoms with E-state index in [0.29, 0.717) is 21.8 Å². The molecule has 0 atom stereocenters. The predicted molar refractivity (Wildman–Crippen MR) is 78.7 cm³/mol. The Balaban J connectivity index is 2.59. The fourth-order valence-electron chi connectivity index (χ4n) is 1.81. The molecule has 0 spiro atoms. The van der Waals surface area contributed by atoms with Gasteiger partial charge >= 0.3 is 0 Å². The molecule has 0 bridgehead atoms. The number of rotatable bonds is 0. The summed E-state index contributed by atoms with van der Waals surface area (Å²) in [5, 5.41) is 9.41. The van der Waals surface area contributed by atoms with E-state index in [1.165, 1.54) is 0 Å². The van der Waals surface area contributed by atoms with Gasteiger partial charge in [0.05, 0.1) is 21.8 Å². The lowest BCUT2D eigenvalue weighted by molar-refractivity contribution is 1.13. The Kier molecular flexibility index (Phi) is 2.87. The molecule has 5 heteroatoms. The zero-order valence-electron chi connectivity index (χ0n) is 9.02. The van der Waals surface area contributed by atoms with E-state index in [0.717, 1.165) is 8.95 Å². The molecule has 0 aliphatic rings. The van der Waals surface area contributed by atoms with E-state index in [1.807, 2.05) is 12.1 Å². The Bertz CT molecular complexity index is 766. The van der Waals surface area contributed by atoms with Gasteiger partial charge in [-0.05, 0) is 36.4 Å². The quantitative estimate of drug-likeness (QED) is 0.610. The number of nitrogens with zero attached hydrogens (tertiary/aromatic N) is 2. The lowest BCUT2D eigenvalue weighted by Crippen LogP contribution is -1.98. The average molecular weight is 366 g/mol. The third kappa shape index (κ3) is 1.93. The molecule has 3 rings (SSSR count). The van der Waals surface area contributed by atoms with Crippen molar-refractivity contribution in [1.82, 2.24) is 10.2 Å². The summed E-state index contributed by atoms with van der Waals surface area (Å²) >= 11 is 6.72. The summed E-state index contributed by atoms with van der Waals surface area (Å²) in [7, 11) is 0. The zero-order valence-corrected chi connectivity index (χ0v) is 12.2. The third-order valence-corrected chi connectivity index (χ3v) is 3.66. The first-order valence-electron chi connectivity index (χ1n) is 5.21. The second-order valence-electron chi connectivity index (χ2n) is 3.85. The van der Waals surface area contributed by atoms with Crippen LogP contribution in [0.5, 0.6) is 0 Å². The summed E-state index contributed by atoms with van der Waals surface area (Å²) in [6, 6.07) is 10.8. The van der Waals surface area contributed by atoms with Crippen LogP contribution < -0.4 is 5.43 Å². The van der Waals surface area contributed by atoms with Crippen molar-refractivity contribution in [2.24, 2.45) is 0 Å². The molecular weight excluding hydrogens is 360 g/mol. The first-order valence-corrected chi connectivity index (χ1v) is 6.79. The van der Waals surface area contributed by atoms with Crippen LogP contribution in [-0.4, -0.2) is 10.2 Å². The van der Waals surface area contributed by atoms with Gasteiger partial charge in [-0.25, -0.2) is 0 Å². The Morgan fingerprint density at radius 2 is 1.22 bits per heavy atom. The normalized spacial score (nSPS) is 11.0. The molecule has 0 radical (unpaired) electrons. The van der Waals surface area contributed by atoms with Crippen LogP contribution in [0.1, 0.15) is 0 Å². The molecule has 3 aromatic rings. The minimum Gasteiger partial charge on any atom is -0.288 e. The van der Waals surface area contributed by atoms with E-state index >= 15 is 0 Å². The van der Waals surface area contributed by atoms with Crippen LogP contribution >= 0.6 is 31.9 Å². The molecule has 0 saturated heterocycles. The summed E-state index contributed by atoms with van der Waals surface area (Å²) in [5.74, 6) is 0. The van der Waals surface area contributed by atoms with Crippen LogP contribution in [0.25, 0.3) is 21.8 Å². The molecule has 0 unspecified atom stereocenters. The van der Waals surface area contributed by atoms with Crippen molar-refractivity contribution < 1.29 is 0 Å². The molecule has 0 aliphatic carbocycles. The molecule has 0 amide bonds. The monoisotopic (exact) mass is 364 g/mol. The van der Waals surface area contributed by atoms with Gasteiger partial charge in [0.15, 0.2) is 5.43 Å². The maximum Gasteiger partial charge on any atom is 0.197 e. The number of aromatic nitrogens is 2. The van der Waals surface area contributed by atoms with E-state index < -0.39 is 0 Å². The number of halogens is 2. The largest absolute Gasteiger partial charge is 0.288 e. The molecule has 2 aromatic carbocycles. The fourth-order valence-corrected chi connectivity index (χ4v) is 2.51. The van der Waals surface area contributed by atoms with Gasteiger partial charge in [0.2, 0.25) is 0 Å². The van der Waals surface area contributed by atoms with Gasteiger partial charge in [-0.1, -0.05) is 31.9 Å². The molecule has 0 aliphatic heterocycles. The Morgan fingerprint density at radius 1 is 0.778 bits per heavy atom. The van der Waals surface area contributed by atoms with Crippen LogP contribution in [0.4, 0.5) is 0 Å². The second-order valence-corrected chi connectivity index (χ2v) is 5.68. The van der Waals surface area contributed by atoms with Crippen LogP contribution in [-0.2, 0) is 0 Å². The highest BCUT2D eigenvalue weighted by atomic mass is 79.9. The molecule has 88 valence electrons. The number of benzene rings is 2. The van der Waals surface area contributed by atoms with Gasteiger partial charge in [0, 0.05) is 8.95 Å². The summed E-state index contributed by atoms with van der Waals surface area (Å²) in [6.45, 7) is 0. The Labute approximate surface area is 119 Å². The maximum absolute atomic E-state index is 12.4. The molecule has 1 aromatic heterocycles. The molecule has 3 nitrogen and oxygen atoms in total. The van der Waals surface area contributed by atoms with Gasteiger partial charge in [-0.15, -0.1) is 10.2 Å². The predicted octanol–water partition coefficient (Wildman–Crippen LogP) is 3.67. The van der Waals surface area contributed by atoms with Crippen LogP contribution in [0.15, 0.2) is 50.1 Å². The van der Waals surface area contributed by atoms with Crippen molar-refractivity contribution >= 4 is 53.7 Å². The van der Waals surface area contributed by atoms with Crippen molar-refractivity contribution in [3.05, 3.63) is 55.6 Å². The average Bonchev–Trinajstić information content (AvgIpc) is 2.47. The van der Waals surface area contributed by atoms with E-state index in [4.69, 9.17) is 0 Å². The molecule has 0 fully saturated rings. The highest BCUT2D eigenvalue weighted by molar-refractivity contribution is 9.10. The van der Waals surface area contributed by atoms with E-state index in [1.54, 1.807) is 24.3 Å². The van der Waals surface area contributed by atoms with E-state index in [-0.39, 0.29) is 5.43 Å². The first-order chi connectivity index (χ1) is 8.65. The number of hydrogen-bond acceptors (Lipinski definition) is 3. The highest BCUT2D eigenvalue weighted by Crippen LogP contribution is 2.18. The van der Waals surface area contributed by atoms with E-state index in [9.17, 15) is 4.79 Å². The molecular formula is C13H6Br2N2O. The van der Waals surface area contributed by atoms with Crippen LogP contribution in [0, 0.1) is 0 Å². The van der Waals surface area contributed by atoms with Crippen molar-refractivity contribution in [2.75, 3.05) is 0 Å². The zero-order chi connectivity index (χ0) is 12.7. The fraction of sp³-hybridized carbons (Fsp3) is 0. The lowest BCUT2D eigenvalue weighted by atomic mass is 10.2. The van der Waals surface area contributed by atoms with E-state index in [2.05, 4.69) is 42.1 Å². The van der Waals surface area contributed by atoms with Gasteiger partial charge in [0.25, 0.3) is 0 Å². The standard InChI is InChI=1S/C13H6Br2N2O/c14-7-1-3-9-11(5-7)16-17-12-6-8(15)2-4-10(12)13(9)18/h1-6H. The Hall–Kier alpha value is -1.33. The highest BCUT2D eigenvalue weighted by Gasteiger charge is 2.05. The topological polar surface area (TPSA) is 42.9 Å². The SMILES string of the molecule is O=c1c2ccc(Br)cc2nnc2cc(Br)ccc12. The van der Waals surface area contributed by atoms with Crippen molar-refractivity contribution in [3.63, 3.8) is 0 Å². The summed E-state index contributed by atoms with van der Waals surface area (Å²) in [4.78, 5) is 12.4.